The number of halogens is 3. The lowest BCUT2D eigenvalue weighted by Gasteiger charge is -2.38. The molecule has 1 saturated carbocycles. The fourth-order valence-corrected chi connectivity index (χ4v) is 6.71. The molecule has 0 saturated heterocycles. The fraction of sp³-hybridized carbons (Fsp3) is 0.513. The monoisotopic (exact) mass is 798 g/mol. The smallest absolute Gasteiger partial charge is 0.414 e. The van der Waals surface area contributed by atoms with Crippen molar-refractivity contribution in [3.63, 3.8) is 0 Å². The van der Waals surface area contributed by atoms with E-state index in [1.54, 1.807) is 51.9 Å². The van der Waals surface area contributed by atoms with Crippen LogP contribution in [0.1, 0.15) is 101 Å². The van der Waals surface area contributed by atoms with Gasteiger partial charge in [-0.05, 0) is 75.1 Å². The molecule has 2 heterocycles. The molecule has 0 bridgehead atoms. The molecule has 3 atom stereocenters. The summed E-state index contributed by atoms with van der Waals surface area (Å²) in [5.74, 6) is -1.90. The maximum atomic E-state index is 15.4. The lowest BCUT2D eigenvalue weighted by Crippen LogP contribution is -2.53. The van der Waals surface area contributed by atoms with Gasteiger partial charge in [0.15, 0.2) is 5.54 Å². The molecule has 1 aromatic heterocycles. The highest BCUT2D eigenvalue weighted by molar-refractivity contribution is 6.34. The third kappa shape index (κ3) is 10.4. The second-order valence-corrected chi connectivity index (χ2v) is 16.9. The molecule has 0 spiro atoms. The van der Waals surface area contributed by atoms with Crippen LogP contribution >= 0.6 is 11.6 Å². The number of nitrogens with zero attached hydrogens (tertiary/aromatic N) is 6. The molecule has 4 amide bonds. The second-order valence-electron chi connectivity index (χ2n) is 16.5. The van der Waals surface area contributed by atoms with Crippen molar-refractivity contribution in [1.82, 2.24) is 30.2 Å². The van der Waals surface area contributed by atoms with Gasteiger partial charge in [-0.15, -0.1) is 0 Å². The Hall–Kier alpha value is -5.12. The van der Waals surface area contributed by atoms with E-state index in [-0.39, 0.29) is 35.4 Å². The molecule has 302 valence electrons. The molecule has 2 aromatic rings. The van der Waals surface area contributed by atoms with Gasteiger partial charge in [0, 0.05) is 37.8 Å². The molecule has 1 unspecified atom stereocenters. The molecule has 56 heavy (non-hydrogen) atoms. The lowest BCUT2D eigenvalue weighted by molar-refractivity contribution is -0.136. The second kappa shape index (κ2) is 16.5. The van der Waals surface area contributed by atoms with Crippen LogP contribution in [0, 0.1) is 11.3 Å². The number of rotatable bonds is 11. The van der Waals surface area contributed by atoms with Gasteiger partial charge in [0.1, 0.15) is 12.2 Å². The maximum absolute atomic E-state index is 15.4. The normalized spacial score (nSPS) is 20.5. The van der Waals surface area contributed by atoms with Crippen LogP contribution in [0.4, 0.5) is 18.4 Å². The van der Waals surface area contributed by atoms with Crippen molar-refractivity contribution in [2.45, 2.75) is 97.0 Å². The van der Waals surface area contributed by atoms with E-state index in [2.05, 4.69) is 20.7 Å². The number of nitrogens with one attached hydrogen (secondary N) is 2. The van der Waals surface area contributed by atoms with Gasteiger partial charge in [-0.1, -0.05) is 56.7 Å². The van der Waals surface area contributed by atoms with Crippen molar-refractivity contribution in [3.05, 3.63) is 70.5 Å². The number of aromatic nitrogens is 2. The molecular formula is C39H49ClF2N8O6. The van der Waals surface area contributed by atoms with E-state index in [4.69, 9.17) is 26.1 Å². The zero-order chi connectivity index (χ0) is 41.2. The lowest BCUT2D eigenvalue weighted by atomic mass is 9.70. The number of allylic oxidation sites excluding steroid dienone is 3. The number of carbonyl (C=O) groups excluding carboxylic acids is 4. The summed E-state index contributed by atoms with van der Waals surface area (Å²) in [5, 5.41) is 9.33. The summed E-state index contributed by atoms with van der Waals surface area (Å²) < 4.78 is 38.5. The zero-order valence-electron chi connectivity index (χ0n) is 32.8. The number of hydrogen-bond acceptors (Lipinski definition) is 8. The molecule has 1 aromatic carbocycles. The van der Waals surface area contributed by atoms with Gasteiger partial charge >= 0.3 is 18.7 Å². The highest BCUT2D eigenvalue weighted by Crippen LogP contribution is 2.46. The third-order valence-electron chi connectivity index (χ3n) is 8.98. The van der Waals surface area contributed by atoms with Crippen LogP contribution in [0.25, 0.3) is 5.57 Å². The number of guanidine groups is 1. The fourth-order valence-electron chi connectivity index (χ4n) is 6.51. The van der Waals surface area contributed by atoms with E-state index in [9.17, 15) is 23.2 Å². The number of aliphatic imine (C=N–C) groups is 2. The van der Waals surface area contributed by atoms with E-state index in [1.165, 1.54) is 35.8 Å². The average molecular weight is 799 g/mol. The third-order valence-corrected chi connectivity index (χ3v) is 9.31. The van der Waals surface area contributed by atoms with Crippen LogP contribution in [0.5, 0.6) is 0 Å². The van der Waals surface area contributed by atoms with Crippen LogP contribution < -0.4 is 10.6 Å². The van der Waals surface area contributed by atoms with Crippen molar-refractivity contribution in [2.24, 2.45) is 21.3 Å². The highest BCUT2D eigenvalue weighted by Gasteiger charge is 2.56. The predicted octanol–water partition coefficient (Wildman–Crippen LogP) is 7.15. The number of ether oxygens (including phenoxy) is 2. The quantitative estimate of drug-likeness (QED) is 0.179. The Morgan fingerprint density at radius 1 is 1.14 bits per heavy atom. The van der Waals surface area contributed by atoms with Gasteiger partial charge in [0.05, 0.1) is 29.2 Å². The summed E-state index contributed by atoms with van der Waals surface area (Å²) in [6.07, 6.45) is 9.83. The Kier molecular flexibility index (Phi) is 12.4. The molecule has 17 heteroatoms. The minimum Gasteiger partial charge on any atom is -0.447 e. The summed E-state index contributed by atoms with van der Waals surface area (Å²) >= 11 is 6.51. The van der Waals surface area contributed by atoms with Crippen molar-refractivity contribution in [1.29, 1.82) is 0 Å². The SMILES string of the molecule is CN(C)C=NC(=O)c1cc([C@@H](COC(=O)NC2CC2)N2C(=O)[C@@](CC(C)(C)C)(C3C=CC(c4cnn(C(F)F)c4)=CC3)N=C2NC(=O)OC(C)(C)C)ccc1Cl. The Labute approximate surface area is 330 Å². The van der Waals surface area contributed by atoms with E-state index in [1.807, 2.05) is 32.9 Å². The molecule has 0 radical (unpaired) electrons. The maximum Gasteiger partial charge on any atom is 0.414 e. The minimum atomic E-state index is -2.80. The Bertz CT molecular complexity index is 1960. The first kappa shape index (κ1) is 42.0. The number of benzene rings is 1. The van der Waals surface area contributed by atoms with Crippen LogP contribution in [0.3, 0.4) is 0 Å². The summed E-state index contributed by atoms with van der Waals surface area (Å²) in [6.45, 7) is 7.75. The topological polar surface area (TPSA) is 160 Å². The molecule has 3 aliphatic rings. The van der Waals surface area contributed by atoms with Crippen molar-refractivity contribution < 1.29 is 37.4 Å². The van der Waals surface area contributed by atoms with Crippen LogP contribution in [-0.4, -0.2) is 93.8 Å². The number of alkyl halides is 2. The van der Waals surface area contributed by atoms with Gasteiger partial charge in [0.2, 0.25) is 5.96 Å². The van der Waals surface area contributed by atoms with Crippen molar-refractivity contribution in [2.75, 3.05) is 20.7 Å². The first-order valence-electron chi connectivity index (χ1n) is 18.3. The number of alkyl carbamates (subject to hydrolysis) is 2. The van der Waals surface area contributed by atoms with E-state index < -0.39 is 65.7 Å². The summed E-state index contributed by atoms with van der Waals surface area (Å²) in [5.41, 5.74) is -1.44. The Morgan fingerprint density at radius 3 is 2.43 bits per heavy atom. The molecule has 1 aliphatic heterocycles. The molecular weight excluding hydrogens is 750 g/mol. The van der Waals surface area contributed by atoms with E-state index in [0.29, 0.717) is 21.4 Å². The number of hydrogen-bond donors (Lipinski definition) is 2. The minimum absolute atomic E-state index is 0.0187. The van der Waals surface area contributed by atoms with Gasteiger partial charge in [-0.2, -0.15) is 18.9 Å². The largest absolute Gasteiger partial charge is 0.447 e. The highest BCUT2D eigenvalue weighted by atomic mass is 35.5. The van der Waals surface area contributed by atoms with Crippen molar-refractivity contribution in [3.8, 4) is 0 Å². The van der Waals surface area contributed by atoms with Crippen LogP contribution in [0.15, 0.2) is 58.8 Å². The van der Waals surface area contributed by atoms with E-state index in [0.717, 1.165) is 12.8 Å². The van der Waals surface area contributed by atoms with Gasteiger partial charge in [0.25, 0.3) is 11.8 Å². The molecule has 2 N–H and O–H groups in total. The molecule has 1 fully saturated rings. The first-order chi connectivity index (χ1) is 26.2. The number of amides is 4. The van der Waals surface area contributed by atoms with Crippen molar-refractivity contribution >= 4 is 53.5 Å². The summed E-state index contributed by atoms with van der Waals surface area (Å²) in [4.78, 5) is 67.0. The van der Waals surface area contributed by atoms with Gasteiger partial charge in [-0.25, -0.2) is 19.3 Å². The van der Waals surface area contributed by atoms with Crippen LogP contribution in [-0.2, 0) is 14.3 Å². The van der Waals surface area contributed by atoms with Gasteiger partial charge < -0.3 is 19.7 Å². The molecule has 5 rings (SSSR count). The Morgan fingerprint density at radius 2 is 1.86 bits per heavy atom. The summed E-state index contributed by atoms with van der Waals surface area (Å²) in [7, 11) is 3.41. The predicted molar refractivity (Wildman–Crippen MR) is 207 cm³/mol. The Balaban J connectivity index is 1.62. The first-order valence-corrected chi connectivity index (χ1v) is 18.7. The standard InChI is InChI=1S/C39H49ClF2N8O6/c1-37(2,3)21-39(26-12-9-23(10-13-26)25-18-44-49(19-25)33(41)42)32(52)50(34(47-39)46-36(54)56-38(4,5)6)30(20-55-35(53)45-27-14-15-27)24-11-16-29(40)28(17-24)31(51)43-22-48(7)8/h9-12,16-19,22,26-27,30,33H,13-15,20-21H2,1-8H3,(H,45,53)(H,46,47,54)/t26?,30-,39-/m1/s1. The molecule has 2 aliphatic carbocycles. The van der Waals surface area contributed by atoms with Crippen LogP contribution in [0.2, 0.25) is 5.02 Å². The van der Waals surface area contributed by atoms with Gasteiger partial charge in [-0.3, -0.25) is 19.8 Å². The summed E-state index contributed by atoms with van der Waals surface area (Å²) in [6, 6.07) is 3.40. The average Bonchev–Trinajstić information content (AvgIpc) is 3.68. The van der Waals surface area contributed by atoms with E-state index >= 15 is 4.79 Å². The zero-order valence-corrected chi connectivity index (χ0v) is 33.6. The molecule has 14 nitrogen and oxygen atoms in total. The number of carbonyl (C=O) groups is 4.